The SMILES string of the molecule is CC1C=NNCC1=O. The summed E-state index contributed by atoms with van der Waals surface area (Å²) in [4.78, 5) is 10.6. The molecule has 1 aliphatic heterocycles. The number of Topliss-reactive ketones (excluding diaryl/α,β-unsaturated/α-hetero) is 1. The van der Waals surface area contributed by atoms with E-state index in [2.05, 4.69) is 10.5 Å². The average molecular weight is 112 g/mol. The fourth-order valence-electron chi connectivity index (χ4n) is 0.532. The number of hydrazone groups is 1. The van der Waals surface area contributed by atoms with Crippen LogP contribution >= 0.6 is 0 Å². The van der Waals surface area contributed by atoms with E-state index in [1.54, 1.807) is 6.21 Å². The highest BCUT2D eigenvalue weighted by Crippen LogP contribution is 1.94. The van der Waals surface area contributed by atoms with E-state index in [4.69, 9.17) is 0 Å². The van der Waals surface area contributed by atoms with Crippen LogP contribution in [0.2, 0.25) is 0 Å². The van der Waals surface area contributed by atoms with Gasteiger partial charge < -0.3 is 5.43 Å². The number of ketones is 1. The molecule has 1 N–H and O–H groups in total. The van der Waals surface area contributed by atoms with Crippen molar-refractivity contribution in [3.05, 3.63) is 0 Å². The number of hydrogen-bond acceptors (Lipinski definition) is 3. The molecule has 0 aromatic carbocycles. The van der Waals surface area contributed by atoms with Crippen LogP contribution in [0, 0.1) is 5.92 Å². The first-order chi connectivity index (χ1) is 3.80. The number of nitrogens with zero attached hydrogens (tertiary/aromatic N) is 1. The van der Waals surface area contributed by atoms with Crippen molar-refractivity contribution in [2.45, 2.75) is 6.92 Å². The van der Waals surface area contributed by atoms with Gasteiger partial charge in [-0.1, -0.05) is 6.92 Å². The summed E-state index contributed by atoms with van der Waals surface area (Å²) >= 11 is 0. The lowest BCUT2D eigenvalue weighted by Crippen LogP contribution is -2.29. The maximum absolute atomic E-state index is 10.6. The summed E-state index contributed by atoms with van der Waals surface area (Å²) in [5, 5.41) is 3.71. The normalized spacial score (nSPS) is 27.6. The molecular weight excluding hydrogens is 104 g/mol. The highest BCUT2D eigenvalue weighted by molar-refractivity contribution is 5.96. The highest BCUT2D eigenvalue weighted by atomic mass is 16.1. The van der Waals surface area contributed by atoms with Gasteiger partial charge in [-0.05, 0) is 0 Å². The Morgan fingerprint density at radius 1 is 2.00 bits per heavy atom. The van der Waals surface area contributed by atoms with E-state index in [0.29, 0.717) is 6.54 Å². The minimum absolute atomic E-state index is 0.0104. The van der Waals surface area contributed by atoms with Gasteiger partial charge in [-0.3, -0.25) is 4.79 Å². The van der Waals surface area contributed by atoms with Gasteiger partial charge in [0.15, 0.2) is 5.78 Å². The molecule has 0 spiro atoms. The second kappa shape index (κ2) is 1.94. The summed E-state index contributed by atoms with van der Waals surface area (Å²) < 4.78 is 0. The molecule has 0 saturated heterocycles. The van der Waals surface area contributed by atoms with Crippen LogP contribution in [0.1, 0.15) is 6.92 Å². The minimum Gasteiger partial charge on any atom is -0.303 e. The van der Waals surface area contributed by atoms with Crippen molar-refractivity contribution >= 4 is 12.0 Å². The van der Waals surface area contributed by atoms with E-state index in [0.717, 1.165) is 0 Å². The zero-order chi connectivity index (χ0) is 5.98. The largest absolute Gasteiger partial charge is 0.303 e. The molecule has 1 rings (SSSR count). The molecule has 8 heavy (non-hydrogen) atoms. The Labute approximate surface area is 47.8 Å². The molecule has 0 saturated carbocycles. The van der Waals surface area contributed by atoms with E-state index in [-0.39, 0.29) is 11.7 Å². The topological polar surface area (TPSA) is 41.5 Å². The lowest BCUT2D eigenvalue weighted by molar-refractivity contribution is -0.119. The summed E-state index contributed by atoms with van der Waals surface area (Å²) in [5.41, 5.74) is 2.58. The number of nitrogens with one attached hydrogen (secondary N) is 1. The molecule has 0 aromatic rings. The van der Waals surface area contributed by atoms with Gasteiger partial charge in [0.2, 0.25) is 0 Å². The Bertz CT molecular complexity index is 130. The third-order valence-electron chi connectivity index (χ3n) is 1.15. The van der Waals surface area contributed by atoms with E-state index in [1.807, 2.05) is 6.92 Å². The van der Waals surface area contributed by atoms with Crippen LogP contribution < -0.4 is 5.43 Å². The Balaban J connectivity index is 2.60. The number of carbonyl (C=O) groups is 1. The molecule has 0 radical (unpaired) electrons. The van der Waals surface area contributed by atoms with E-state index in [1.165, 1.54) is 0 Å². The Morgan fingerprint density at radius 3 is 3.12 bits per heavy atom. The maximum atomic E-state index is 10.6. The quantitative estimate of drug-likeness (QED) is 0.470. The Morgan fingerprint density at radius 2 is 2.75 bits per heavy atom. The summed E-state index contributed by atoms with van der Waals surface area (Å²) in [7, 11) is 0. The highest BCUT2D eigenvalue weighted by Gasteiger charge is 2.12. The average Bonchev–Trinajstić information content (AvgIpc) is 1.77. The second-order valence-electron chi connectivity index (χ2n) is 1.87. The van der Waals surface area contributed by atoms with Gasteiger partial charge in [0.05, 0.1) is 12.5 Å². The van der Waals surface area contributed by atoms with Crippen molar-refractivity contribution < 1.29 is 4.79 Å². The third-order valence-corrected chi connectivity index (χ3v) is 1.15. The fourth-order valence-corrected chi connectivity index (χ4v) is 0.532. The van der Waals surface area contributed by atoms with Crippen molar-refractivity contribution in [1.29, 1.82) is 0 Å². The Hall–Kier alpha value is -0.860. The van der Waals surface area contributed by atoms with Gasteiger partial charge in [-0.2, -0.15) is 5.10 Å². The van der Waals surface area contributed by atoms with Gasteiger partial charge >= 0.3 is 0 Å². The van der Waals surface area contributed by atoms with Crippen LogP contribution in [0.3, 0.4) is 0 Å². The third kappa shape index (κ3) is 0.857. The minimum atomic E-state index is 0.0104. The van der Waals surface area contributed by atoms with E-state index in [9.17, 15) is 4.79 Å². The molecule has 0 bridgehead atoms. The van der Waals surface area contributed by atoms with Crippen molar-refractivity contribution in [1.82, 2.24) is 5.43 Å². The molecule has 1 atom stereocenters. The molecule has 3 heteroatoms. The standard InChI is InChI=1S/C5H8N2O/c1-4-2-6-7-3-5(4)8/h2,4,7H,3H2,1H3. The van der Waals surface area contributed by atoms with Gasteiger partial charge in [0, 0.05) is 6.21 Å². The summed E-state index contributed by atoms with van der Waals surface area (Å²) in [6.45, 7) is 2.23. The fraction of sp³-hybridized carbons (Fsp3) is 0.600. The van der Waals surface area contributed by atoms with Gasteiger partial charge in [0.25, 0.3) is 0 Å². The predicted molar refractivity (Wildman–Crippen MR) is 30.7 cm³/mol. The summed E-state index contributed by atoms with van der Waals surface area (Å²) in [5.74, 6) is 0.219. The van der Waals surface area contributed by atoms with Crippen LogP contribution in [-0.2, 0) is 4.79 Å². The smallest absolute Gasteiger partial charge is 0.161 e. The first kappa shape index (κ1) is 5.28. The van der Waals surface area contributed by atoms with Crippen LogP contribution in [0.5, 0.6) is 0 Å². The van der Waals surface area contributed by atoms with Crippen LogP contribution in [0.4, 0.5) is 0 Å². The summed E-state index contributed by atoms with van der Waals surface area (Å²) in [6, 6.07) is 0. The molecule has 1 heterocycles. The lowest BCUT2D eigenvalue weighted by Gasteiger charge is -2.08. The maximum Gasteiger partial charge on any atom is 0.161 e. The van der Waals surface area contributed by atoms with Crippen molar-refractivity contribution in [2.24, 2.45) is 11.0 Å². The first-order valence-electron chi connectivity index (χ1n) is 2.59. The first-order valence-corrected chi connectivity index (χ1v) is 2.59. The van der Waals surface area contributed by atoms with Crippen molar-refractivity contribution in [2.75, 3.05) is 6.54 Å². The molecule has 44 valence electrons. The van der Waals surface area contributed by atoms with Crippen LogP contribution in [0.25, 0.3) is 0 Å². The molecule has 0 fully saturated rings. The molecule has 0 amide bonds. The zero-order valence-electron chi connectivity index (χ0n) is 4.72. The van der Waals surface area contributed by atoms with Crippen LogP contribution in [0.15, 0.2) is 5.10 Å². The predicted octanol–water partition coefficient (Wildman–Crippen LogP) is -0.219. The van der Waals surface area contributed by atoms with Crippen LogP contribution in [-0.4, -0.2) is 18.5 Å². The zero-order valence-corrected chi connectivity index (χ0v) is 4.72. The summed E-state index contributed by atoms with van der Waals surface area (Å²) in [6.07, 6.45) is 1.62. The van der Waals surface area contributed by atoms with E-state index < -0.39 is 0 Å². The molecular formula is C5H8N2O. The van der Waals surface area contributed by atoms with Crippen molar-refractivity contribution in [3.63, 3.8) is 0 Å². The molecule has 3 nitrogen and oxygen atoms in total. The van der Waals surface area contributed by atoms with Crippen molar-refractivity contribution in [3.8, 4) is 0 Å². The lowest BCUT2D eigenvalue weighted by atomic mass is 10.1. The van der Waals surface area contributed by atoms with Gasteiger partial charge in [0.1, 0.15) is 0 Å². The number of hydrogen-bond donors (Lipinski definition) is 1. The monoisotopic (exact) mass is 112 g/mol. The van der Waals surface area contributed by atoms with Gasteiger partial charge in [-0.25, -0.2) is 0 Å². The van der Waals surface area contributed by atoms with Gasteiger partial charge in [-0.15, -0.1) is 0 Å². The molecule has 0 aromatic heterocycles. The van der Waals surface area contributed by atoms with E-state index >= 15 is 0 Å². The Kier molecular flexibility index (Phi) is 1.28. The number of rotatable bonds is 0. The molecule has 1 aliphatic rings. The number of carbonyl (C=O) groups excluding carboxylic acids is 1. The molecule has 0 aliphatic carbocycles. The second-order valence-corrected chi connectivity index (χ2v) is 1.87. The molecule has 1 unspecified atom stereocenters.